The second-order valence-electron chi connectivity index (χ2n) is 4.93. The Morgan fingerprint density at radius 1 is 0.733 bits per heavy atom. The van der Waals surface area contributed by atoms with Crippen molar-refractivity contribution in [3.8, 4) is 0 Å². The summed E-state index contributed by atoms with van der Waals surface area (Å²) in [5.74, 6) is 0. The molecule has 1 rings (SSSR count). The van der Waals surface area contributed by atoms with Gasteiger partial charge in [-0.1, -0.05) is 58.8 Å². The molecule has 0 amide bonds. The lowest BCUT2D eigenvalue weighted by molar-refractivity contribution is 0.186. The van der Waals surface area contributed by atoms with Gasteiger partial charge in [0, 0.05) is 6.04 Å². The molecule has 0 N–H and O–H groups in total. The second kappa shape index (κ2) is 8.15. The maximum atomic E-state index is 2.67. The largest absolute Gasteiger partial charge is 0.301 e. The van der Waals surface area contributed by atoms with Crippen molar-refractivity contribution >= 4 is 0 Å². The zero-order chi connectivity index (χ0) is 10.9. The SMILES string of the molecule is CCN(CC)C1CCCCCCCCC1. The molecule has 0 aromatic rings. The minimum atomic E-state index is 0.887. The molecule has 1 aliphatic rings. The number of hydrogen-bond acceptors (Lipinski definition) is 1. The lowest BCUT2D eigenvalue weighted by Crippen LogP contribution is -2.35. The zero-order valence-electron chi connectivity index (χ0n) is 10.8. The van der Waals surface area contributed by atoms with Crippen LogP contribution in [0.3, 0.4) is 0 Å². The minimum Gasteiger partial charge on any atom is -0.301 e. The van der Waals surface area contributed by atoms with Crippen molar-refractivity contribution in [3.63, 3.8) is 0 Å². The van der Waals surface area contributed by atoms with Crippen LogP contribution in [0, 0.1) is 0 Å². The van der Waals surface area contributed by atoms with Gasteiger partial charge in [-0.25, -0.2) is 0 Å². The van der Waals surface area contributed by atoms with Crippen molar-refractivity contribution in [2.24, 2.45) is 0 Å². The highest BCUT2D eigenvalue weighted by Crippen LogP contribution is 2.20. The van der Waals surface area contributed by atoms with Crippen molar-refractivity contribution in [1.82, 2.24) is 4.90 Å². The summed E-state index contributed by atoms with van der Waals surface area (Å²) in [5, 5.41) is 0. The Hall–Kier alpha value is -0.0400. The van der Waals surface area contributed by atoms with E-state index in [-0.39, 0.29) is 0 Å². The quantitative estimate of drug-likeness (QED) is 0.675. The lowest BCUT2D eigenvalue weighted by Gasteiger charge is -2.30. The summed E-state index contributed by atoms with van der Waals surface area (Å²) in [6.45, 7) is 7.09. The number of nitrogens with zero attached hydrogens (tertiary/aromatic N) is 1. The maximum absolute atomic E-state index is 2.67. The summed E-state index contributed by atoms with van der Waals surface area (Å²) in [5.41, 5.74) is 0. The van der Waals surface area contributed by atoms with E-state index in [0.717, 1.165) is 6.04 Å². The van der Waals surface area contributed by atoms with E-state index in [1.54, 1.807) is 0 Å². The fourth-order valence-electron chi connectivity index (χ4n) is 2.89. The predicted molar refractivity (Wildman–Crippen MR) is 68.3 cm³/mol. The van der Waals surface area contributed by atoms with E-state index < -0.39 is 0 Å². The van der Waals surface area contributed by atoms with Gasteiger partial charge in [0.2, 0.25) is 0 Å². The van der Waals surface area contributed by atoms with E-state index in [9.17, 15) is 0 Å². The summed E-state index contributed by atoms with van der Waals surface area (Å²) in [6, 6.07) is 0.887. The van der Waals surface area contributed by atoms with Gasteiger partial charge in [0.25, 0.3) is 0 Å². The summed E-state index contributed by atoms with van der Waals surface area (Å²) in [4.78, 5) is 2.67. The van der Waals surface area contributed by atoms with E-state index in [0.29, 0.717) is 0 Å². The highest BCUT2D eigenvalue weighted by atomic mass is 15.1. The Balaban J connectivity index is 2.36. The minimum absolute atomic E-state index is 0.887. The molecule has 15 heavy (non-hydrogen) atoms. The monoisotopic (exact) mass is 211 g/mol. The lowest BCUT2D eigenvalue weighted by atomic mass is 9.96. The van der Waals surface area contributed by atoms with Gasteiger partial charge in [0.1, 0.15) is 0 Å². The molecule has 0 atom stereocenters. The van der Waals surface area contributed by atoms with Crippen molar-refractivity contribution in [2.45, 2.75) is 77.7 Å². The van der Waals surface area contributed by atoms with Crippen molar-refractivity contribution in [2.75, 3.05) is 13.1 Å². The first kappa shape index (κ1) is 13.0. The van der Waals surface area contributed by atoms with Crippen LogP contribution in [0.5, 0.6) is 0 Å². The molecule has 0 saturated heterocycles. The molecule has 0 unspecified atom stereocenters. The van der Waals surface area contributed by atoms with E-state index in [2.05, 4.69) is 18.7 Å². The maximum Gasteiger partial charge on any atom is 0.00950 e. The molecule has 1 nitrogen and oxygen atoms in total. The van der Waals surface area contributed by atoms with Gasteiger partial charge < -0.3 is 4.90 Å². The summed E-state index contributed by atoms with van der Waals surface area (Å²) in [7, 11) is 0. The van der Waals surface area contributed by atoms with Crippen molar-refractivity contribution < 1.29 is 0 Å². The van der Waals surface area contributed by atoms with E-state index in [1.807, 2.05) is 0 Å². The standard InChI is InChI=1S/C14H29N/c1-3-15(4-2)14-12-10-8-6-5-7-9-11-13-14/h14H,3-13H2,1-2H3. The molecule has 0 aromatic heterocycles. The zero-order valence-corrected chi connectivity index (χ0v) is 10.8. The number of hydrogen-bond donors (Lipinski definition) is 0. The predicted octanol–water partition coefficient (Wildman–Crippen LogP) is 4.22. The summed E-state index contributed by atoms with van der Waals surface area (Å²) >= 11 is 0. The molecule has 0 aromatic carbocycles. The highest BCUT2D eigenvalue weighted by molar-refractivity contribution is 4.71. The third kappa shape index (κ3) is 5.01. The van der Waals surface area contributed by atoms with Gasteiger partial charge in [-0.05, 0) is 25.9 Å². The second-order valence-corrected chi connectivity index (χ2v) is 4.93. The Labute approximate surface area is 96.2 Å². The molecule has 0 aliphatic heterocycles. The van der Waals surface area contributed by atoms with E-state index >= 15 is 0 Å². The fraction of sp³-hybridized carbons (Fsp3) is 1.00. The van der Waals surface area contributed by atoms with Crippen LogP contribution in [-0.2, 0) is 0 Å². The third-order valence-electron chi connectivity index (χ3n) is 3.90. The van der Waals surface area contributed by atoms with Crippen LogP contribution in [0.2, 0.25) is 0 Å². The smallest absolute Gasteiger partial charge is 0.00950 e. The van der Waals surface area contributed by atoms with E-state index in [1.165, 1.54) is 70.9 Å². The van der Waals surface area contributed by atoms with Crippen molar-refractivity contribution in [1.29, 1.82) is 0 Å². The van der Waals surface area contributed by atoms with Crippen LogP contribution < -0.4 is 0 Å². The topological polar surface area (TPSA) is 3.24 Å². The van der Waals surface area contributed by atoms with Crippen LogP contribution in [0.4, 0.5) is 0 Å². The van der Waals surface area contributed by atoms with Crippen LogP contribution in [0.1, 0.15) is 71.6 Å². The molecule has 1 saturated carbocycles. The van der Waals surface area contributed by atoms with Crippen LogP contribution in [0.15, 0.2) is 0 Å². The molecule has 0 bridgehead atoms. The molecule has 1 fully saturated rings. The average Bonchev–Trinajstić information content (AvgIpc) is 2.28. The molecule has 0 spiro atoms. The third-order valence-corrected chi connectivity index (χ3v) is 3.90. The van der Waals surface area contributed by atoms with Gasteiger partial charge in [-0.15, -0.1) is 0 Å². The summed E-state index contributed by atoms with van der Waals surface area (Å²) < 4.78 is 0. The Morgan fingerprint density at radius 2 is 1.13 bits per heavy atom. The van der Waals surface area contributed by atoms with Gasteiger partial charge in [0.15, 0.2) is 0 Å². The Bertz CT molecular complexity index is 130. The van der Waals surface area contributed by atoms with Crippen LogP contribution >= 0.6 is 0 Å². The first-order chi connectivity index (χ1) is 7.38. The number of rotatable bonds is 3. The molecule has 0 radical (unpaired) electrons. The van der Waals surface area contributed by atoms with Crippen LogP contribution in [-0.4, -0.2) is 24.0 Å². The molecule has 1 aliphatic carbocycles. The average molecular weight is 211 g/mol. The van der Waals surface area contributed by atoms with Crippen LogP contribution in [0.25, 0.3) is 0 Å². The van der Waals surface area contributed by atoms with Gasteiger partial charge >= 0.3 is 0 Å². The fourth-order valence-corrected chi connectivity index (χ4v) is 2.89. The van der Waals surface area contributed by atoms with Gasteiger partial charge in [-0.2, -0.15) is 0 Å². The molecule has 90 valence electrons. The normalized spacial score (nSPS) is 21.8. The van der Waals surface area contributed by atoms with E-state index in [4.69, 9.17) is 0 Å². The first-order valence-electron chi connectivity index (χ1n) is 7.12. The molecular weight excluding hydrogens is 182 g/mol. The molecular formula is C14H29N. The Kier molecular flexibility index (Phi) is 7.08. The first-order valence-corrected chi connectivity index (χ1v) is 7.12. The van der Waals surface area contributed by atoms with Gasteiger partial charge in [0.05, 0.1) is 0 Å². The Morgan fingerprint density at radius 3 is 1.53 bits per heavy atom. The molecule has 1 heteroatoms. The summed E-state index contributed by atoms with van der Waals surface area (Å²) in [6.07, 6.45) is 13.2. The highest BCUT2D eigenvalue weighted by Gasteiger charge is 2.15. The van der Waals surface area contributed by atoms with Gasteiger partial charge in [-0.3, -0.25) is 0 Å². The molecule has 0 heterocycles. The van der Waals surface area contributed by atoms with Crippen molar-refractivity contribution in [3.05, 3.63) is 0 Å².